The summed E-state index contributed by atoms with van der Waals surface area (Å²) in [6.45, 7) is 1.82. The third-order valence-electron chi connectivity index (χ3n) is 4.99. The number of hydrogen-bond acceptors (Lipinski definition) is 8. The maximum atomic E-state index is 11.8. The van der Waals surface area contributed by atoms with Crippen molar-refractivity contribution in [2.45, 2.75) is 16.7 Å². The molecule has 164 valence electrons. The number of aromatic hydroxyl groups is 1. The second-order valence-corrected chi connectivity index (χ2v) is 9.40. The van der Waals surface area contributed by atoms with E-state index in [9.17, 15) is 26.8 Å². The van der Waals surface area contributed by atoms with Crippen molar-refractivity contribution in [3.63, 3.8) is 0 Å². The van der Waals surface area contributed by atoms with Crippen LogP contribution in [-0.4, -0.2) is 26.8 Å². The van der Waals surface area contributed by atoms with E-state index in [4.69, 9.17) is 5.73 Å². The Bertz CT molecular complexity index is 1570. The zero-order chi connectivity index (χ0) is 23.2. The Morgan fingerprint density at radius 2 is 1.69 bits per heavy atom. The van der Waals surface area contributed by atoms with Gasteiger partial charge >= 0.3 is 0 Å². The summed E-state index contributed by atoms with van der Waals surface area (Å²) < 4.78 is 56.1. The number of phenols is 1. The highest BCUT2D eigenvalue weighted by atomic mass is 32.2. The van der Waals surface area contributed by atoms with Crippen LogP contribution in [0.15, 0.2) is 74.6 Å². The van der Waals surface area contributed by atoms with Gasteiger partial charge in [-0.2, -0.15) is 8.42 Å². The Hall–Kier alpha value is -3.38. The molecule has 11 heteroatoms. The van der Waals surface area contributed by atoms with Crippen LogP contribution in [0.1, 0.15) is 5.56 Å². The molecule has 0 aliphatic rings. The number of anilines is 1. The Labute approximate surface area is 185 Å². The molecule has 4 aromatic rings. The molecular weight excluding hydrogens is 454 g/mol. The number of nitrogens with two attached hydrogens (primary N) is 1. The molecule has 4 N–H and O–H groups in total. The summed E-state index contributed by atoms with van der Waals surface area (Å²) in [5.74, 6) is -0.388. The molecule has 0 heterocycles. The fourth-order valence-electron chi connectivity index (χ4n) is 3.41. The molecule has 0 amide bonds. The van der Waals surface area contributed by atoms with E-state index in [0.29, 0.717) is 27.2 Å². The number of nitrogen functional groups attached to an aromatic ring is 1. The molecule has 0 radical (unpaired) electrons. The quantitative estimate of drug-likeness (QED) is 0.171. The van der Waals surface area contributed by atoms with Crippen LogP contribution >= 0.6 is 0 Å². The van der Waals surface area contributed by atoms with Gasteiger partial charge in [-0.15, -0.1) is 10.2 Å². The van der Waals surface area contributed by atoms with Crippen LogP contribution in [0.3, 0.4) is 0 Å². The van der Waals surface area contributed by atoms with Crippen molar-refractivity contribution in [1.82, 2.24) is 0 Å². The second kappa shape index (κ2) is 7.95. The number of aryl methyl sites for hydroxylation is 1. The summed E-state index contributed by atoms with van der Waals surface area (Å²) in [7, 11) is -4.45. The summed E-state index contributed by atoms with van der Waals surface area (Å²) in [5, 5.41) is 20.5. The van der Waals surface area contributed by atoms with E-state index in [0.717, 1.165) is 5.56 Å². The molecular formula is C21H16N3O6S2-. The van der Waals surface area contributed by atoms with E-state index in [1.165, 1.54) is 36.4 Å². The van der Waals surface area contributed by atoms with Gasteiger partial charge in [0.2, 0.25) is 0 Å². The fourth-order valence-corrected chi connectivity index (χ4v) is 4.43. The van der Waals surface area contributed by atoms with Crippen molar-refractivity contribution in [3.05, 3.63) is 60.2 Å². The molecule has 4 aromatic carbocycles. The predicted molar refractivity (Wildman–Crippen MR) is 120 cm³/mol. The number of rotatable bonds is 4. The topological polar surface area (TPSA) is 165 Å². The molecule has 1 unspecified atom stereocenters. The van der Waals surface area contributed by atoms with Gasteiger partial charge in [0.25, 0.3) is 10.1 Å². The van der Waals surface area contributed by atoms with Crippen molar-refractivity contribution < 1.29 is 26.8 Å². The molecule has 0 saturated heterocycles. The summed E-state index contributed by atoms with van der Waals surface area (Å²) in [5.41, 5.74) is 6.92. The van der Waals surface area contributed by atoms with Gasteiger partial charge in [-0.1, -0.05) is 12.1 Å². The number of nitrogens with zero attached hydrogens (tertiary/aromatic N) is 2. The van der Waals surface area contributed by atoms with Crippen LogP contribution in [0.25, 0.3) is 21.5 Å². The number of hydrogen-bond donors (Lipinski definition) is 3. The molecule has 9 nitrogen and oxygen atoms in total. The maximum Gasteiger partial charge on any atom is 0.294 e. The van der Waals surface area contributed by atoms with Crippen molar-refractivity contribution in [2.75, 3.05) is 5.73 Å². The van der Waals surface area contributed by atoms with Gasteiger partial charge < -0.3 is 15.4 Å². The fraction of sp³-hybridized carbons (Fsp3) is 0.0476. The average Bonchev–Trinajstić information content (AvgIpc) is 2.73. The molecule has 4 rings (SSSR count). The van der Waals surface area contributed by atoms with Gasteiger partial charge in [0.1, 0.15) is 5.69 Å². The van der Waals surface area contributed by atoms with Crippen LogP contribution in [0, 0.1) is 6.92 Å². The van der Waals surface area contributed by atoms with Crippen LogP contribution in [0.4, 0.5) is 17.1 Å². The van der Waals surface area contributed by atoms with Gasteiger partial charge in [0.05, 0.1) is 15.5 Å². The minimum absolute atomic E-state index is 0.218. The molecule has 32 heavy (non-hydrogen) atoms. The van der Waals surface area contributed by atoms with Crippen LogP contribution in [0.5, 0.6) is 5.75 Å². The summed E-state index contributed by atoms with van der Waals surface area (Å²) >= 11 is -2.73. The van der Waals surface area contributed by atoms with Crippen LogP contribution in [0.2, 0.25) is 0 Å². The monoisotopic (exact) mass is 470 g/mol. The standard InChI is InChI=1S/C21H17N3O6S2/c1-11-2-7-18(17-10-14(32(28,29)30)4-6-15(11)17)23-24-20-19(31(26)27)9-12-8-13(22)3-5-16(12)21(20)25/h2-10,25H,22H2,1H3,(H,26,27)(H,28,29,30)/p-1. The zero-order valence-electron chi connectivity index (χ0n) is 16.5. The first kappa shape index (κ1) is 21.8. The van der Waals surface area contributed by atoms with E-state index >= 15 is 0 Å². The Morgan fingerprint density at radius 1 is 0.969 bits per heavy atom. The number of benzene rings is 4. The maximum absolute atomic E-state index is 11.8. The normalized spacial score (nSPS) is 13.2. The molecule has 0 fully saturated rings. The first-order valence-corrected chi connectivity index (χ1v) is 11.6. The lowest BCUT2D eigenvalue weighted by atomic mass is 10.0. The van der Waals surface area contributed by atoms with E-state index in [1.54, 1.807) is 18.2 Å². The molecule has 0 saturated carbocycles. The highest BCUT2D eigenvalue weighted by molar-refractivity contribution is 7.85. The summed E-state index contributed by atoms with van der Waals surface area (Å²) in [4.78, 5) is -0.598. The van der Waals surface area contributed by atoms with E-state index in [1.807, 2.05) is 6.92 Å². The molecule has 1 atom stereocenters. The summed E-state index contributed by atoms with van der Waals surface area (Å²) in [6, 6.07) is 13.3. The first-order chi connectivity index (χ1) is 15.1. The van der Waals surface area contributed by atoms with E-state index in [-0.39, 0.29) is 26.9 Å². The number of azo groups is 1. The Morgan fingerprint density at radius 3 is 2.38 bits per heavy atom. The third kappa shape index (κ3) is 3.94. The molecule has 0 aromatic heterocycles. The minimum atomic E-state index is -4.45. The lowest BCUT2D eigenvalue weighted by Gasteiger charge is -2.13. The highest BCUT2D eigenvalue weighted by Gasteiger charge is 2.16. The van der Waals surface area contributed by atoms with E-state index in [2.05, 4.69) is 10.2 Å². The van der Waals surface area contributed by atoms with Gasteiger partial charge in [0.15, 0.2) is 5.75 Å². The molecule has 0 aliphatic heterocycles. The smallest absolute Gasteiger partial charge is 0.294 e. The highest BCUT2D eigenvalue weighted by Crippen LogP contribution is 2.41. The van der Waals surface area contributed by atoms with Crippen LogP contribution in [-0.2, 0) is 21.2 Å². The first-order valence-electron chi connectivity index (χ1n) is 9.13. The van der Waals surface area contributed by atoms with E-state index < -0.39 is 21.2 Å². The van der Waals surface area contributed by atoms with Gasteiger partial charge in [-0.25, -0.2) is 0 Å². The summed E-state index contributed by atoms with van der Waals surface area (Å²) in [6.07, 6.45) is 0. The zero-order valence-corrected chi connectivity index (χ0v) is 18.1. The van der Waals surface area contributed by atoms with Gasteiger partial charge in [-0.05, 0) is 76.8 Å². The Balaban J connectivity index is 1.94. The largest absolute Gasteiger partial charge is 0.768 e. The molecule has 0 spiro atoms. The van der Waals surface area contributed by atoms with Gasteiger partial charge in [-0.3, -0.25) is 8.76 Å². The van der Waals surface area contributed by atoms with Crippen molar-refractivity contribution >= 4 is 59.8 Å². The number of fused-ring (bicyclic) bond motifs is 2. The Kier molecular flexibility index (Phi) is 5.42. The molecule has 0 aliphatic carbocycles. The lowest BCUT2D eigenvalue weighted by Crippen LogP contribution is -1.97. The predicted octanol–water partition coefficient (Wildman–Crippen LogP) is 4.49. The van der Waals surface area contributed by atoms with Crippen molar-refractivity contribution in [1.29, 1.82) is 0 Å². The minimum Gasteiger partial charge on any atom is -0.768 e. The average molecular weight is 471 g/mol. The van der Waals surface area contributed by atoms with Crippen molar-refractivity contribution in [3.8, 4) is 5.75 Å². The number of phenolic OH excluding ortho intramolecular Hbond substituents is 1. The molecule has 0 bridgehead atoms. The second-order valence-electron chi connectivity index (χ2n) is 7.07. The van der Waals surface area contributed by atoms with Crippen molar-refractivity contribution in [2.24, 2.45) is 10.2 Å². The van der Waals surface area contributed by atoms with Gasteiger partial charge in [0, 0.05) is 16.5 Å². The SMILES string of the molecule is Cc1ccc(N=Nc2c(S(=O)[O-])cc3cc(N)ccc3c2O)c2cc(S(=O)(=O)O)ccc12. The lowest BCUT2D eigenvalue weighted by molar-refractivity contribution is 0.480. The van der Waals surface area contributed by atoms with Crippen LogP contribution < -0.4 is 5.73 Å². The third-order valence-corrected chi connectivity index (χ3v) is 6.51.